The van der Waals surface area contributed by atoms with Crippen LogP contribution in [0.1, 0.15) is 25.7 Å². The van der Waals surface area contributed by atoms with Gasteiger partial charge in [-0.2, -0.15) is 0 Å². The molecule has 0 spiro atoms. The van der Waals surface area contributed by atoms with Crippen LogP contribution in [0.4, 0.5) is 0 Å². The number of hydrogen-bond donors (Lipinski definition) is 8. The van der Waals surface area contributed by atoms with Gasteiger partial charge in [-0.15, -0.1) is 0 Å². The molecule has 0 aliphatic rings. The Morgan fingerprint density at radius 3 is 0.645 bits per heavy atom. The Bertz CT molecular complexity index is 516. The smallest absolute Gasteiger partial charge is 0.336 e. The molecule has 16 N–H and O–H groups in total. The van der Waals surface area contributed by atoms with Gasteiger partial charge in [-0.3, -0.25) is 19.2 Å². The summed E-state index contributed by atoms with van der Waals surface area (Å²) < 4.78 is 0. The Kier molecular flexibility index (Phi) is 29.9. The molecule has 31 heavy (non-hydrogen) atoms. The first kappa shape index (κ1) is 46.9. The molecule has 0 fully saturated rings. The molecule has 0 saturated carbocycles. The first-order valence-corrected chi connectivity index (χ1v) is 6.34. The molecule has 0 aliphatic carbocycles. The van der Waals surface area contributed by atoms with E-state index in [2.05, 4.69) is 0 Å². The first-order chi connectivity index (χ1) is 11.6. The molecule has 182 valence electrons. The van der Waals surface area contributed by atoms with Gasteiger partial charge < -0.3 is 62.8 Å². The molecule has 18 nitrogen and oxygen atoms in total. The summed E-state index contributed by atoms with van der Waals surface area (Å²) in [6.07, 6.45) is -4.58. The molecule has 0 aromatic heterocycles. The van der Waals surface area contributed by atoms with Gasteiger partial charge in [0.15, 0.2) is 11.2 Å². The van der Waals surface area contributed by atoms with Gasteiger partial charge >= 0.3 is 35.8 Å². The van der Waals surface area contributed by atoms with E-state index in [0.29, 0.717) is 0 Å². The zero-order valence-corrected chi connectivity index (χ0v) is 17.8. The monoisotopic (exact) mass is 496 g/mol. The minimum atomic E-state index is -2.74. The predicted octanol–water partition coefficient (Wildman–Crippen LogP) is -6.18. The molecule has 0 bridgehead atoms. The fourth-order valence-electron chi connectivity index (χ4n) is 1.43. The van der Waals surface area contributed by atoms with Crippen LogP contribution in [0.3, 0.4) is 0 Å². The second-order valence-corrected chi connectivity index (χ2v) is 4.96. The Labute approximate surface area is 201 Å². The van der Waals surface area contributed by atoms with E-state index in [-0.39, 0.29) is 59.6 Å². The third-order valence-corrected chi connectivity index (χ3v) is 2.57. The van der Waals surface area contributed by atoms with Crippen molar-refractivity contribution in [1.29, 1.82) is 0 Å². The van der Waals surface area contributed by atoms with Crippen molar-refractivity contribution in [2.75, 3.05) is 0 Å². The summed E-state index contributed by atoms with van der Waals surface area (Å²) in [4.78, 5) is 61.0. The third-order valence-electron chi connectivity index (χ3n) is 2.57. The summed E-state index contributed by atoms with van der Waals surface area (Å²) >= 11 is 0. The predicted molar refractivity (Wildman–Crippen MR) is 94.4 cm³/mol. The fourth-order valence-corrected chi connectivity index (χ4v) is 1.43. The van der Waals surface area contributed by atoms with Crippen molar-refractivity contribution in [2.45, 2.75) is 36.9 Å². The summed E-state index contributed by atoms with van der Waals surface area (Å²) in [6, 6.07) is 0. The Hall–Kier alpha value is -2.16. The van der Waals surface area contributed by atoms with E-state index in [9.17, 15) is 28.8 Å². The molecular formula is C12H24CaO18. The van der Waals surface area contributed by atoms with Crippen LogP contribution in [0.25, 0.3) is 0 Å². The Morgan fingerprint density at radius 2 is 0.581 bits per heavy atom. The normalized spacial score (nSPS) is 9.10. The van der Waals surface area contributed by atoms with Crippen LogP contribution >= 0.6 is 0 Å². The number of carboxylic acids is 6. The van der Waals surface area contributed by atoms with Crippen LogP contribution in [0, 0.1) is 0 Å². The van der Waals surface area contributed by atoms with Crippen LogP contribution in [-0.4, -0.2) is 148 Å². The van der Waals surface area contributed by atoms with Gasteiger partial charge in [-0.05, 0) is 0 Å². The van der Waals surface area contributed by atoms with E-state index in [1.165, 1.54) is 0 Å². The summed E-state index contributed by atoms with van der Waals surface area (Å²) in [6.45, 7) is 0. The maximum absolute atomic E-state index is 10.3. The number of carbonyl (C=O) groups is 6. The zero-order chi connectivity index (χ0) is 21.3. The second kappa shape index (κ2) is 19.8. The zero-order valence-electron chi connectivity index (χ0n) is 15.6. The standard InChI is InChI=1S/2C6H8O7.Ca.4H2O/c2*7-3(8)1-6(13,5(11)12)2-4(9)10;;;;;/h2*13H,1-2H2,(H,7,8)(H,9,10)(H,11,12);;4*1H2. The number of rotatable bonds is 10. The van der Waals surface area contributed by atoms with Crippen LogP contribution in [-0.2, 0) is 28.8 Å². The van der Waals surface area contributed by atoms with Crippen molar-refractivity contribution in [1.82, 2.24) is 0 Å². The molecular weight excluding hydrogens is 472 g/mol. The van der Waals surface area contributed by atoms with Gasteiger partial charge in [0.25, 0.3) is 0 Å². The van der Waals surface area contributed by atoms with Gasteiger partial charge in [-0.1, -0.05) is 0 Å². The van der Waals surface area contributed by atoms with Crippen molar-refractivity contribution < 1.29 is 91.5 Å². The van der Waals surface area contributed by atoms with E-state index < -0.39 is 72.7 Å². The molecule has 0 aromatic carbocycles. The van der Waals surface area contributed by atoms with Crippen molar-refractivity contribution in [3.05, 3.63) is 0 Å². The SMILES string of the molecule is O.O.O.O.O=C(O)CC(O)(CC(=O)O)C(=O)O.O=C(O)CC(O)(CC(=O)O)C(=O)O.[Ca]. The maximum atomic E-state index is 10.3. The van der Waals surface area contributed by atoms with Crippen LogP contribution in [0.2, 0.25) is 0 Å². The maximum Gasteiger partial charge on any atom is 0.336 e. The van der Waals surface area contributed by atoms with E-state index in [1.54, 1.807) is 0 Å². The number of carboxylic acid groups (broad SMARTS) is 6. The Balaban J connectivity index is -0.0000000640. The van der Waals surface area contributed by atoms with Crippen molar-refractivity contribution in [3.63, 3.8) is 0 Å². The van der Waals surface area contributed by atoms with Gasteiger partial charge in [0.05, 0.1) is 25.7 Å². The summed E-state index contributed by atoms with van der Waals surface area (Å²) in [5.74, 6) is -10.0. The molecule has 0 aliphatic heterocycles. The molecule has 0 aromatic rings. The van der Waals surface area contributed by atoms with Gasteiger partial charge in [0.1, 0.15) is 0 Å². The van der Waals surface area contributed by atoms with E-state index in [4.69, 9.17) is 40.9 Å². The minimum absolute atomic E-state index is 0. The molecule has 0 heterocycles. The van der Waals surface area contributed by atoms with Crippen molar-refractivity contribution >= 4 is 73.6 Å². The minimum Gasteiger partial charge on any atom is -0.481 e. The van der Waals surface area contributed by atoms with Gasteiger partial charge in [-0.25, -0.2) is 9.59 Å². The second-order valence-electron chi connectivity index (χ2n) is 4.96. The van der Waals surface area contributed by atoms with Crippen LogP contribution < -0.4 is 0 Å². The average Bonchev–Trinajstić information content (AvgIpc) is 2.34. The largest absolute Gasteiger partial charge is 0.481 e. The number of hydrogen-bond acceptors (Lipinski definition) is 8. The first-order valence-electron chi connectivity index (χ1n) is 6.34. The molecule has 0 rings (SSSR count). The van der Waals surface area contributed by atoms with Crippen LogP contribution in [0.5, 0.6) is 0 Å². The summed E-state index contributed by atoms with van der Waals surface area (Å²) in [5, 5.41) is 67.6. The topological polar surface area (TPSA) is 390 Å². The molecule has 0 atom stereocenters. The fraction of sp³-hybridized carbons (Fsp3) is 0.500. The molecule has 0 unspecified atom stereocenters. The average molecular weight is 496 g/mol. The number of aliphatic hydroxyl groups is 2. The molecule has 2 radical (unpaired) electrons. The van der Waals surface area contributed by atoms with Crippen molar-refractivity contribution in [2.24, 2.45) is 0 Å². The van der Waals surface area contributed by atoms with Crippen LogP contribution in [0.15, 0.2) is 0 Å². The van der Waals surface area contributed by atoms with Crippen molar-refractivity contribution in [3.8, 4) is 0 Å². The summed E-state index contributed by atoms with van der Waals surface area (Å²) in [5.41, 5.74) is -5.48. The van der Waals surface area contributed by atoms with E-state index >= 15 is 0 Å². The number of aliphatic carboxylic acids is 6. The molecule has 0 amide bonds. The molecule has 19 heteroatoms. The summed E-state index contributed by atoms with van der Waals surface area (Å²) in [7, 11) is 0. The van der Waals surface area contributed by atoms with E-state index in [1.807, 2.05) is 0 Å². The molecule has 0 saturated heterocycles. The third kappa shape index (κ3) is 20.9. The quantitative estimate of drug-likeness (QED) is 0.130. The van der Waals surface area contributed by atoms with Gasteiger partial charge in [0, 0.05) is 37.7 Å². The Morgan fingerprint density at radius 1 is 0.452 bits per heavy atom. The van der Waals surface area contributed by atoms with E-state index in [0.717, 1.165) is 0 Å². The van der Waals surface area contributed by atoms with Gasteiger partial charge in [0.2, 0.25) is 0 Å².